The lowest BCUT2D eigenvalue weighted by Gasteiger charge is -2.28. The summed E-state index contributed by atoms with van der Waals surface area (Å²) in [5.41, 5.74) is 0.870. The van der Waals surface area contributed by atoms with Crippen molar-refractivity contribution in [2.24, 2.45) is 0 Å². The van der Waals surface area contributed by atoms with Gasteiger partial charge in [0.25, 0.3) is 0 Å². The van der Waals surface area contributed by atoms with Crippen LogP contribution in [0, 0.1) is 0 Å². The predicted octanol–water partition coefficient (Wildman–Crippen LogP) is 3.67. The molecule has 0 saturated heterocycles. The van der Waals surface area contributed by atoms with E-state index in [1.54, 1.807) is 16.5 Å². The quantitative estimate of drug-likeness (QED) is 0.792. The zero-order valence-electron chi connectivity index (χ0n) is 13.6. The first-order chi connectivity index (χ1) is 10.9. The number of hydrazine groups is 1. The van der Waals surface area contributed by atoms with Crippen LogP contribution >= 0.6 is 11.9 Å². The van der Waals surface area contributed by atoms with Crippen LogP contribution in [-0.2, 0) is 9.84 Å². The second kappa shape index (κ2) is 5.85. The highest BCUT2D eigenvalue weighted by Crippen LogP contribution is 2.38. The average Bonchev–Trinajstić information content (AvgIpc) is 2.78. The van der Waals surface area contributed by atoms with E-state index in [4.69, 9.17) is 0 Å². The third kappa shape index (κ3) is 2.55. The summed E-state index contributed by atoms with van der Waals surface area (Å²) in [6, 6.07) is 13.2. The van der Waals surface area contributed by atoms with Crippen molar-refractivity contribution in [3.63, 3.8) is 0 Å². The molecule has 1 atom stereocenters. The van der Waals surface area contributed by atoms with E-state index in [1.807, 2.05) is 62.5 Å². The minimum absolute atomic E-state index is 0.0627. The Morgan fingerprint density at radius 2 is 1.74 bits per heavy atom. The molecule has 1 heterocycles. The summed E-state index contributed by atoms with van der Waals surface area (Å²) in [4.78, 5) is 0.340. The number of hydrogen-bond acceptors (Lipinski definition) is 5. The Bertz CT molecular complexity index is 890. The molecule has 0 amide bonds. The fraction of sp³-hybridized carbons (Fsp3) is 0.294. The summed E-state index contributed by atoms with van der Waals surface area (Å²) in [6.07, 6.45) is 1.89. The van der Waals surface area contributed by atoms with Gasteiger partial charge in [0.1, 0.15) is 0 Å². The molecule has 6 heteroatoms. The lowest BCUT2D eigenvalue weighted by atomic mass is 10.1. The number of fused-ring (bicyclic) bond motifs is 1. The number of likely N-dealkylation sites (N-methyl/N-ethyl adjacent to an activating group) is 1. The topological polar surface area (TPSA) is 40.6 Å². The monoisotopic (exact) mass is 348 g/mol. The zero-order chi connectivity index (χ0) is 16.8. The lowest BCUT2D eigenvalue weighted by Crippen LogP contribution is -2.34. The van der Waals surface area contributed by atoms with Crippen LogP contribution in [0.1, 0.15) is 13.8 Å². The van der Waals surface area contributed by atoms with Crippen LogP contribution in [0.3, 0.4) is 0 Å². The first-order valence-corrected chi connectivity index (χ1v) is 10.1. The molecule has 23 heavy (non-hydrogen) atoms. The van der Waals surface area contributed by atoms with Crippen molar-refractivity contribution in [2.75, 3.05) is 13.3 Å². The minimum Gasteiger partial charge on any atom is -0.236 e. The van der Waals surface area contributed by atoms with Gasteiger partial charge in [0.05, 0.1) is 10.9 Å². The van der Waals surface area contributed by atoms with Gasteiger partial charge in [-0.3, -0.25) is 0 Å². The fourth-order valence-corrected chi connectivity index (χ4v) is 5.79. The van der Waals surface area contributed by atoms with Gasteiger partial charge in [0, 0.05) is 13.3 Å². The molecular formula is C17H20N2O2S2. The molecular weight excluding hydrogens is 328 g/mol. The molecule has 0 bridgehead atoms. The van der Waals surface area contributed by atoms with Gasteiger partial charge in [-0.2, -0.15) is 0 Å². The van der Waals surface area contributed by atoms with Gasteiger partial charge in [-0.05, 0) is 54.3 Å². The van der Waals surface area contributed by atoms with Crippen LogP contribution in [0.15, 0.2) is 58.0 Å². The van der Waals surface area contributed by atoms with Crippen LogP contribution in [-0.4, -0.2) is 37.2 Å². The van der Waals surface area contributed by atoms with Gasteiger partial charge in [-0.25, -0.2) is 17.8 Å². The van der Waals surface area contributed by atoms with Crippen LogP contribution in [0.25, 0.3) is 10.8 Å². The summed E-state index contributed by atoms with van der Waals surface area (Å²) in [7, 11) is -1.65. The highest BCUT2D eigenvalue weighted by atomic mass is 32.2. The van der Waals surface area contributed by atoms with Gasteiger partial charge in [0.2, 0.25) is 9.84 Å². The Labute approximate surface area is 141 Å². The average molecular weight is 348 g/mol. The summed E-state index contributed by atoms with van der Waals surface area (Å²) >= 11 is 1.40. The van der Waals surface area contributed by atoms with E-state index < -0.39 is 9.84 Å². The third-order valence-electron chi connectivity index (χ3n) is 4.44. The number of rotatable bonds is 3. The van der Waals surface area contributed by atoms with E-state index >= 15 is 0 Å². The standard InChI is InChI=1S/C17H20N2O2S2/c1-12-13(2)18(3)19(22-4)17(12)23(20,21)16-10-9-14-7-5-6-8-15(14)11-16/h5-11,13H,1-4H3. The van der Waals surface area contributed by atoms with Crippen molar-refractivity contribution in [3.8, 4) is 0 Å². The second-order valence-corrected chi connectivity index (χ2v) is 8.28. The summed E-state index contributed by atoms with van der Waals surface area (Å²) < 4.78 is 28.2. The first kappa shape index (κ1) is 16.4. The second-order valence-electron chi connectivity index (χ2n) is 5.71. The van der Waals surface area contributed by atoms with Crippen molar-refractivity contribution in [1.82, 2.24) is 9.42 Å². The maximum absolute atomic E-state index is 13.2. The molecule has 2 aromatic rings. The molecule has 0 fully saturated rings. The van der Waals surface area contributed by atoms with Crippen molar-refractivity contribution >= 4 is 32.6 Å². The lowest BCUT2D eigenvalue weighted by molar-refractivity contribution is 0.148. The van der Waals surface area contributed by atoms with Crippen molar-refractivity contribution in [1.29, 1.82) is 0 Å². The Morgan fingerprint density at radius 3 is 2.39 bits per heavy atom. The predicted molar refractivity (Wildman–Crippen MR) is 96.4 cm³/mol. The van der Waals surface area contributed by atoms with Gasteiger partial charge in [0.15, 0.2) is 5.03 Å². The molecule has 0 aliphatic carbocycles. The Balaban J connectivity index is 2.16. The van der Waals surface area contributed by atoms with Gasteiger partial charge in [-0.1, -0.05) is 30.3 Å². The van der Waals surface area contributed by atoms with Gasteiger partial charge >= 0.3 is 0 Å². The molecule has 122 valence electrons. The van der Waals surface area contributed by atoms with Crippen molar-refractivity contribution in [2.45, 2.75) is 24.8 Å². The first-order valence-electron chi connectivity index (χ1n) is 7.39. The van der Waals surface area contributed by atoms with Crippen LogP contribution in [0.4, 0.5) is 0 Å². The summed E-state index contributed by atoms with van der Waals surface area (Å²) in [5.74, 6) is 0. The third-order valence-corrected chi connectivity index (χ3v) is 7.22. The molecule has 3 rings (SSSR count). The van der Waals surface area contributed by atoms with Crippen LogP contribution in [0.2, 0.25) is 0 Å². The highest BCUT2D eigenvalue weighted by Gasteiger charge is 2.39. The molecule has 1 aliphatic heterocycles. The summed E-state index contributed by atoms with van der Waals surface area (Å²) in [5, 5.41) is 4.31. The van der Waals surface area contributed by atoms with Crippen molar-refractivity contribution in [3.05, 3.63) is 53.1 Å². The molecule has 2 aromatic carbocycles. The Morgan fingerprint density at radius 1 is 1.09 bits per heavy atom. The van der Waals surface area contributed by atoms with Crippen molar-refractivity contribution < 1.29 is 8.42 Å². The maximum atomic E-state index is 13.2. The molecule has 0 N–H and O–H groups in total. The number of hydrogen-bond donors (Lipinski definition) is 0. The van der Waals surface area contributed by atoms with E-state index in [9.17, 15) is 8.42 Å². The van der Waals surface area contributed by atoms with Gasteiger partial charge in [-0.15, -0.1) is 0 Å². The van der Waals surface area contributed by atoms with Crippen LogP contribution < -0.4 is 0 Å². The zero-order valence-corrected chi connectivity index (χ0v) is 15.3. The normalized spacial score (nSPS) is 19.8. The molecule has 0 saturated carbocycles. The molecule has 0 spiro atoms. The Kier molecular flexibility index (Phi) is 4.16. The highest BCUT2D eigenvalue weighted by molar-refractivity contribution is 7.99. The molecule has 4 nitrogen and oxygen atoms in total. The molecule has 0 radical (unpaired) electrons. The number of sulfone groups is 1. The summed E-state index contributed by atoms with van der Waals surface area (Å²) in [6.45, 7) is 3.91. The Hall–Kier alpha value is -1.50. The van der Waals surface area contributed by atoms with Gasteiger partial charge < -0.3 is 0 Å². The fourth-order valence-electron chi connectivity index (χ4n) is 2.88. The minimum atomic E-state index is -3.56. The number of nitrogens with zero attached hydrogens (tertiary/aromatic N) is 2. The maximum Gasteiger partial charge on any atom is 0.224 e. The smallest absolute Gasteiger partial charge is 0.224 e. The number of benzene rings is 2. The molecule has 1 unspecified atom stereocenters. The molecule has 0 aromatic heterocycles. The van der Waals surface area contributed by atoms with Crippen LogP contribution in [0.5, 0.6) is 0 Å². The largest absolute Gasteiger partial charge is 0.236 e. The van der Waals surface area contributed by atoms with E-state index in [-0.39, 0.29) is 6.04 Å². The van der Waals surface area contributed by atoms with E-state index in [2.05, 4.69) is 0 Å². The molecule has 1 aliphatic rings. The van der Waals surface area contributed by atoms with E-state index in [0.717, 1.165) is 16.3 Å². The SMILES string of the molecule is CSN1C(S(=O)(=O)c2ccc3ccccc3c2)=C(C)C(C)N1C. The van der Waals surface area contributed by atoms with E-state index in [0.29, 0.717) is 9.92 Å². The van der Waals surface area contributed by atoms with E-state index in [1.165, 1.54) is 11.9 Å².